The van der Waals surface area contributed by atoms with E-state index < -0.39 is 0 Å². The van der Waals surface area contributed by atoms with Crippen LogP contribution >= 0.6 is 27.5 Å². The molecule has 0 bridgehead atoms. The monoisotopic (exact) mass is 209 g/mol. The highest BCUT2D eigenvalue weighted by atomic mass is 79.9. The number of aromatic nitrogens is 2. The third kappa shape index (κ3) is 1.26. The molecule has 50 valence electrons. The van der Waals surface area contributed by atoms with Crippen LogP contribution in [0.4, 0.5) is 0 Å². The second kappa shape index (κ2) is 2.68. The molecule has 0 aliphatic heterocycles. The SMILES string of the molecule is NCc1[nH]nc(Br)c1Cl. The molecule has 1 aromatic heterocycles. The molecule has 1 heterocycles. The zero-order valence-electron chi connectivity index (χ0n) is 4.49. The average molecular weight is 210 g/mol. The Morgan fingerprint density at radius 2 is 2.44 bits per heavy atom. The molecule has 3 nitrogen and oxygen atoms in total. The Bertz CT molecular complexity index is 210. The molecule has 0 fully saturated rings. The fourth-order valence-corrected chi connectivity index (χ4v) is 0.964. The Hall–Kier alpha value is -0.0600. The van der Waals surface area contributed by atoms with E-state index in [0.29, 0.717) is 16.2 Å². The van der Waals surface area contributed by atoms with Crippen molar-refractivity contribution in [3.05, 3.63) is 15.3 Å². The van der Waals surface area contributed by atoms with Crippen molar-refractivity contribution in [1.29, 1.82) is 0 Å². The zero-order valence-corrected chi connectivity index (χ0v) is 6.83. The second-order valence-corrected chi connectivity index (χ2v) is 2.64. The molecule has 0 radical (unpaired) electrons. The lowest BCUT2D eigenvalue weighted by Gasteiger charge is -1.86. The van der Waals surface area contributed by atoms with E-state index in [0.717, 1.165) is 5.69 Å². The van der Waals surface area contributed by atoms with E-state index in [-0.39, 0.29) is 0 Å². The van der Waals surface area contributed by atoms with E-state index in [1.165, 1.54) is 0 Å². The van der Waals surface area contributed by atoms with Crippen LogP contribution in [0, 0.1) is 0 Å². The smallest absolute Gasteiger partial charge is 0.146 e. The van der Waals surface area contributed by atoms with Crippen molar-refractivity contribution in [3.63, 3.8) is 0 Å². The van der Waals surface area contributed by atoms with Gasteiger partial charge in [0.1, 0.15) is 4.60 Å². The number of nitrogens with zero attached hydrogens (tertiary/aromatic N) is 1. The number of nitrogens with two attached hydrogens (primary N) is 1. The lowest BCUT2D eigenvalue weighted by molar-refractivity contribution is 0.943. The number of aromatic amines is 1. The molecule has 0 saturated heterocycles. The highest BCUT2D eigenvalue weighted by Gasteiger charge is 2.04. The summed E-state index contributed by atoms with van der Waals surface area (Å²) in [6, 6.07) is 0. The van der Waals surface area contributed by atoms with Gasteiger partial charge in [-0.15, -0.1) is 0 Å². The average Bonchev–Trinajstić information content (AvgIpc) is 2.15. The van der Waals surface area contributed by atoms with Crippen LogP contribution in [0.1, 0.15) is 5.69 Å². The van der Waals surface area contributed by atoms with Gasteiger partial charge >= 0.3 is 0 Å². The van der Waals surface area contributed by atoms with Crippen LogP contribution in [0.25, 0.3) is 0 Å². The predicted octanol–water partition coefficient (Wildman–Crippen LogP) is 1.28. The first-order chi connectivity index (χ1) is 4.25. The van der Waals surface area contributed by atoms with Crippen molar-refractivity contribution in [3.8, 4) is 0 Å². The van der Waals surface area contributed by atoms with Gasteiger partial charge in [-0.1, -0.05) is 11.6 Å². The third-order valence-electron chi connectivity index (χ3n) is 0.939. The second-order valence-electron chi connectivity index (χ2n) is 1.51. The molecule has 9 heavy (non-hydrogen) atoms. The number of rotatable bonds is 1. The van der Waals surface area contributed by atoms with Crippen LogP contribution < -0.4 is 5.73 Å². The molecule has 5 heteroatoms. The van der Waals surface area contributed by atoms with Gasteiger partial charge in [0.15, 0.2) is 0 Å². The molecule has 1 rings (SSSR count). The van der Waals surface area contributed by atoms with E-state index in [4.69, 9.17) is 17.3 Å². The molecule has 1 aromatic rings. The van der Waals surface area contributed by atoms with Crippen LogP contribution in [-0.2, 0) is 6.54 Å². The van der Waals surface area contributed by atoms with E-state index in [1.54, 1.807) is 0 Å². The molecule has 0 aromatic carbocycles. The summed E-state index contributed by atoms with van der Waals surface area (Å²) in [6.45, 7) is 0.386. The Morgan fingerprint density at radius 1 is 1.78 bits per heavy atom. The van der Waals surface area contributed by atoms with Gasteiger partial charge in [-0.2, -0.15) is 5.10 Å². The molecule has 0 aliphatic rings. The minimum atomic E-state index is 0.386. The molecule has 0 amide bonds. The first-order valence-corrected chi connectivity index (χ1v) is 3.51. The summed E-state index contributed by atoms with van der Waals surface area (Å²) in [5.74, 6) is 0. The molecule has 0 unspecified atom stereocenters. The van der Waals surface area contributed by atoms with Gasteiger partial charge in [0.05, 0.1) is 10.7 Å². The Morgan fingerprint density at radius 3 is 2.67 bits per heavy atom. The fourth-order valence-electron chi connectivity index (χ4n) is 0.474. The van der Waals surface area contributed by atoms with E-state index in [2.05, 4.69) is 26.1 Å². The largest absolute Gasteiger partial charge is 0.325 e. The van der Waals surface area contributed by atoms with Crippen molar-refractivity contribution in [2.75, 3.05) is 0 Å². The predicted molar refractivity (Wildman–Crippen MR) is 39.2 cm³/mol. The van der Waals surface area contributed by atoms with Gasteiger partial charge in [-0.05, 0) is 15.9 Å². The van der Waals surface area contributed by atoms with Crippen LogP contribution in [-0.4, -0.2) is 10.2 Å². The van der Waals surface area contributed by atoms with Crippen molar-refractivity contribution in [2.24, 2.45) is 5.73 Å². The normalized spacial score (nSPS) is 10.1. The molecule has 0 saturated carbocycles. The lowest BCUT2D eigenvalue weighted by Crippen LogP contribution is -1.96. The fraction of sp³-hybridized carbons (Fsp3) is 0.250. The van der Waals surface area contributed by atoms with Gasteiger partial charge in [0.2, 0.25) is 0 Å². The maximum Gasteiger partial charge on any atom is 0.146 e. The quantitative estimate of drug-likeness (QED) is 0.734. The summed E-state index contributed by atoms with van der Waals surface area (Å²) in [6.07, 6.45) is 0. The van der Waals surface area contributed by atoms with Crippen LogP contribution in [0.3, 0.4) is 0 Å². The summed E-state index contributed by atoms with van der Waals surface area (Å²) in [7, 11) is 0. The standard InChI is InChI=1S/C4H5BrClN3/c5-4-3(6)2(1-7)8-9-4/h1,7H2,(H,8,9). The maximum absolute atomic E-state index is 5.69. The van der Waals surface area contributed by atoms with Gasteiger partial charge < -0.3 is 5.73 Å². The van der Waals surface area contributed by atoms with Gasteiger partial charge in [-0.3, -0.25) is 5.10 Å². The van der Waals surface area contributed by atoms with Gasteiger partial charge in [0.25, 0.3) is 0 Å². The number of hydrogen-bond donors (Lipinski definition) is 2. The number of H-pyrrole nitrogens is 1. The van der Waals surface area contributed by atoms with Crippen LogP contribution in [0.2, 0.25) is 5.02 Å². The van der Waals surface area contributed by atoms with Crippen molar-refractivity contribution in [2.45, 2.75) is 6.54 Å². The summed E-state index contributed by atoms with van der Waals surface area (Å²) >= 11 is 8.82. The minimum absolute atomic E-state index is 0.386. The van der Waals surface area contributed by atoms with E-state index in [1.807, 2.05) is 0 Å². The molecular formula is C4H5BrClN3. The third-order valence-corrected chi connectivity index (χ3v) is 2.15. The summed E-state index contributed by atoms with van der Waals surface area (Å²) in [4.78, 5) is 0. The van der Waals surface area contributed by atoms with Crippen LogP contribution in [0.15, 0.2) is 4.60 Å². The topological polar surface area (TPSA) is 54.7 Å². The molecule has 0 aliphatic carbocycles. The highest BCUT2D eigenvalue weighted by Crippen LogP contribution is 2.22. The Balaban J connectivity index is 3.04. The Labute approximate surface area is 65.7 Å². The number of hydrogen-bond acceptors (Lipinski definition) is 2. The molecule has 0 atom stereocenters. The maximum atomic E-state index is 5.69. The first kappa shape index (κ1) is 7.05. The molecule has 0 spiro atoms. The van der Waals surface area contributed by atoms with Crippen molar-refractivity contribution < 1.29 is 0 Å². The van der Waals surface area contributed by atoms with Crippen molar-refractivity contribution in [1.82, 2.24) is 10.2 Å². The zero-order chi connectivity index (χ0) is 6.85. The number of nitrogens with one attached hydrogen (secondary N) is 1. The summed E-state index contributed by atoms with van der Waals surface area (Å²) in [5.41, 5.74) is 6.04. The molecule has 3 N–H and O–H groups in total. The summed E-state index contributed by atoms with van der Waals surface area (Å²) < 4.78 is 0.615. The van der Waals surface area contributed by atoms with Crippen LogP contribution in [0.5, 0.6) is 0 Å². The van der Waals surface area contributed by atoms with Gasteiger partial charge in [0, 0.05) is 6.54 Å². The van der Waals surface area contributed by atoms with Gasteiger partial charge in [-0.25, -0.2) is 0 Å². The van der Waals surface area contributed by atoms with Crippen molar-refractivity contribution >= 4 is 27.5 Å². The molecular weight excluding hydrogens is 205 g/mol. The first-order valence-electron chi connectivity index (χ1n) is 2.34. The lowest BCUT2D eigenvalue weighted by atomic mass is 10.4. The van der Waals surface area contributed by atoms with E-state index in [9.17, 15) is 0 Å². The minimum Gasteiger partial charge on any atom is -0.325 e. The Kier molecular flexibility index (Phi) is 2.10. The van der Waals surface area contributed by atoms with E-state index >= 15 is 0 Å². The summed E-state index contributed by atoms with van der Waals surface area (Å²) in [5, 5.41) is 7.00. The number of halogens is 2. The highest BCUT2D eigenvalue weighted by molar-refractivity contribution is 9.10.